The van der Waals surface area contributed by atoms with Crippen LogP contribution in [-0.2, 0) is 15.1 Å². The highest BCUT2D eigenvalue weighted by molar-refractivity contribution is 7.99. The van der Waals surface area contributed by atoms with E-state index in [2.05, 4.69) is 371 Å². The van der Waals surface area contributed by atoms with Crippen molar-refractivity contribution in [2.75, 3.05) is 90.2 Å². The topological polar surface area (TPSA) is 286 Å². The SMILES string of the molecule is C.C.C.C.C.C=C1C=CCN1C(C)(C)C.C=C1NC=CN1C(C)(C)C.CC(C)(C)N1C=CCC1=O.CC(C)(C)N1C=CCN1.CC(C)(C)N1C=NCC1.CC(C)(C)N1CC=CC1.CC(C)(C)N1CCCC1.CC(C)(C)N1CCCC1=O.CC(C)(C)N1CCNC1=O.CC(C)(C)N1CCSC1.CC(C)(C)n1cccn1.CC(C)n1ccnn1.CC(C)n1cncn1.CC(C)n1cnnn1.CC(C)n1nccn1. The molecule has 0 aromatic carbocycles. The Labute approximate surface area is 866 Å². The summed E-state index contributed by atoms with van der Waals surface area (Å²) in [6.07, 6.45) is 43.1. The molecule has 0 unspecified atom stereocenters. The highest BCUT2D eigenvalue weighted by Gasteiger charge is 2.33. The summed E-state index contributed by atoms with van der Waals surface area (Å²) in [4.78, 5) is 62.6. The summed E-state index contributed by atoms with van der Waals surface area (Å²) in [7, 11) is 0. The zero-order valence-electron chi connectivity index (χ0n) is 93.0. The van der Waals surface area contributed by atoms with Crippen LogP contribution >= 0.6 is 11.8 Å². The van der Waals surface area contributed by atoms with Gasteiger partial charge in [-0.05, 0) is 339 Å². The molecule has 4 saturated heterocycles. The Hall–Kier alpha value is -9.05. The standard InChI is InChI=1S/C9H15N.C8H14N2.C8H15NO.C8H13NO.C8H17N.C8H15N.C7H14N2O.2C7H14N2.C7H12N2.C7H15NS.3C5H9N3.C4H8N4.5CH4/c1-8-6-5-7-10(8)9(2,3)4;1-7-9-5-6-10(7)8(2,3)4;2*1-8(2,3)9-6-4-5-7(9)10;2*1-8(2,3)9-6-4-5-7-9;1-7(2,3)9-5-4-8-6(9)10;1-7(2,3)9-5-4-8-6-9;2*1-7(2,3)9-6-4-5-8-9;1-7(2,3)8-4-5-9-6-8;1-5(2)8-4-6-3-7-8;1-5(2)8-4-3-6-7-8;1-5(2)8-6-3-4-7-8;1-4(2)8-3-5-6-7-8;;;;;/h5-6H,1,7H2,2-4H3;5-6,9H,1H2,2-4H3;4-6H2,1-3H3;4,6H,5H2,1-3H3;4-7H2,1-3H3;4-5H,6-7H2,1-3H3;4-5H2,1-3H3,(H,8,10);6H,4-5H2,1-3H3;4,6,8H,5H2,1-3H3;4-6H,1-3H3;4-6H2,1-3H3;3*3-5H,1-2H3;3-4H,1-2H3;5*1H4. The van der Waals surface area contributed by atoms with Gasteiger partial charge in [-0.15, -0.1) is 22.0 Å². The molecular formula is C108H213N29O3S. The van der Waals surface area contributed by atoms with Crippen molar-refractivity contribution in [1.82, 2.24) is 140 Å². The van der Waals surface area contributed by atoms with Crippen LogP contribution in [0.5, 0.6) is 0 Å². The average molecular weight is 2000 g/mol. The Bertz CT molecular complexity index is 3890. The number of aliphatic imine (C=N–C) groups is 1. The van der Waals surface area contributed by atoms with Crippen LogP contribution in [0.3, 0.4) is 0 Å². The number of hydrogen-bond acceptors (Lipinski definition) is 24. The Kier molecular flexibility index (Phi) is 65.1. The molecule has 32 nitrogen and oxygen atoms in total. The first-order chi connectivity index (χ1) is 62.4. The molecular weight excluding hydrogens is 1780 g/mol. The Balaban J connectivity index is -0.000000468. The second-order valence-electron chi connectivity index (χ2n) is 46.5. The third kappa shape index (κ3) is 58.5. The maximum absolute atomic E-state index is 11.1. The quantitative estimate of drug-likeness (QED) is 0.141. The molecule has 33 heteroatoms. The molecule has 0 saturated carbocycles. The number of nitrogens with zero attached hydrogens (tertiary/aromatic N) is 26. The molecule has 3 N–H and O–H groups in total. The summed E-state index contributed by atoms with van der Waals surface area (Å²) in [6, 6.07) is 3.60. The highest BCUT2D eigenvalue weighted by atomic mass is 32.2. The monoisotopic (exact) mass is 2000 g/mol. The first kappa shape index (κ1) is 140. The van der Waals surface area contributed by atoms with Gasteiger partial charge in [0.2, 0.25) is 11.8 Å². The van der Waals surface area contributed by atoms with E-state index in [9.17, 15) is 14.4 Å². The van der Waals surface area contributed by atoms with Crippen molar-refractivity contribution in [2.24, 2.45) is 4.99 Å². The summed E-state index contributed by atoms with van der Waals surface area (Å²) in [5, 5.41) is 41.8. The minimum Gasteiger partial charge on any atom is -0.363 e. The summed E-state index contributed by atoms with van der Waals surface area (Å²) in [6.45, 7) is 108. The lowest BCUT2D eigenvalue weighted by molar-refractivity contribution is -0.132. The van der Waals surface area contributed by atoms with Crippen molar-refractivity contribution in [3.05, 3.63) is 148 Å². The highest BCUT2D eigenvalue weighted by Crippen LogP contribution is 2.28. The molecule has 10 aliphatic rings. The molecule has 0 spiro atoms. The van der Waals surface area contributed by atoms with Crippen LogP contribution in [0.1, 0.15) is 377 Å². The van der Waals surface area contributed by atoms with Crippen molar-refractivity contribution in [3.8, 4) is 0 Å². The van der Waals surface area contributed by atoms with E-state index in [1.54, 1.807) is 67.5 Å². The van der Waals surface area contributed by atoms with Gasteiger partial charge in [0.1, 0.15) is 24.8 Å². The van der Waals surface area contributed by atoms with E-state index in [0.717, 1.165) is 83.3 Å². The molecule has 141 heavy (non-hydrogen) atoms. The van der Waals surface area contributed by atoms with E-state index in [1.807, 2.05) is 145 Å². The van der Waals surface area contributed by atoms with Gasteiger partial charge in [0, 0.05) is 206 Å². The predicted molar refractivity (Wildman–Crippen MR) is 602 cm³/mol. The lowest BCUT2D eigenvalue weighted by Gasteiger charge is -2.34. The fraction of sp³-hybridized carbons (Fsp3) is 0.741. The molecule has 4 amide bonds. The first-order valence-electron chi connectivity index (χ1n) is 49.1. The third-order valence-corrected chi connectivity index (χ3v) is 22.6. The number of hydrogen-bond donors (Lipinski definition) is 3. The lowest BCUT2D eigenvalue weighted by Crippen LogP contribution is -2.43. The molecule has 0 radical (unpaired) electrons. The number of allylic oxidation sites excluding steroid dienone is 1. The zero-order valence-corrected chi connectivity index (χ0v) is 93.9. The van der Waals surface area contributed by atoms with Crippen LogP contribution in [0, 0.1) is 0 Å². The normalized spacial score (nSPS) is 16.6. The largest absolute Gasteiger partial charge is 0.363 e. The smallest absolute Gasteiger partial charge is 0.317 e. The maximum atomic E-state index is 11.1. The number of tetrazole rings is 1. The number of carbonyl (C=O) groups is 3. The van der Waals surface area contributed by atoms with E-state index in [-0.39, 0.29) is 93.4 Å². The van der Waals surface area contributed by atoms with Crippen molar-refractivity contribution in [2.45, 2.75) is 438 Å². The number of carbonyl (C=O) groups excluding carboxylic acids is 3. The van der Waals surface area contributed by atoms with Crippen LogP contribution in [0.25, 0.3) is 0 Å². The van der Waals surface area contributed by atoms with E-state index < -0.39 is 0 Å². The van der Waals surface area contributed by atoms with Gasteiger partial charge in [-0.1, -0.05) is 85.9 Å². The molecule has 0 aliphatic carbocycles. The number of likely N-dealkylation sites (tertiary alicyclic amines) is 2. The number of rotatable bonds is 4. The second-order valence-corrected chi connectivity index (χ2v) is 47.5. The van der Waals surface area contributed by atoms with E-state index in [4.69, 9.17) is 0 Å². The Morgan fingerprint density at radius 2 is 0.979 bits per heavy atom. The number of amides is 4. The fourth-order valence-corrected chi connectivity index (χ4v) is 14.5. The summed E-state index contributed by atoms with van der Waals surface area (Å²) in [5.74, 6) is 4.01. The fourth-order valence-electron chi connectivity index (χ4n) is 13.3. The third-order valence-electron chi connectivity index (χ3n) is 21.7. The van der Waals surface area contributed by atoms with E-state index in [0.29, 0.717) is 53.1 Å². The maximum Gasteiger partial charge on any atom is 0.317 e. The zero-order chi connectivity index (χ0) is 104. The minimum absolute atomic E-state index is 0. The number of hydrazine groups is 1. The van der Waals surface area contributed by atoms with Gasteiger partial charge >= 0.3 is 6.03 Å². The molecule has 10 aliphatic heterocycles. The second kappa shape index (κ2) is 65.4. The first-order valence-corrected chi connectivity index (χ1v) is 50.2. The van der Waals surface area contributed by atoms with Crippen LogP contribution in [0.15, 0.2) is 153 Å². The van der Waals surface area contributed by atoms with Crippen molar-refractivity contribution < 1.29 is 14.4 Å². The van der Waals surface area contributed by atoms with E-state index >= 15 is 0 Å². The Morgan fingerprint density at radius 3 is 1.19 bits per heavy atom. The van der Waals surface area contributed by atoms with Gasteiger partial charge < -0.3 is 45.0 Å². The number of nitrogens with one attached hydrogen (secondary N) is 3. The molecule has 15 heterocycles. The molecule has 15 rings (SSSR count). The summed E-state index contributed by atoms with van der Waals surface area (Å²) in [5.41, 5.74) is 6.43. The number of urea groups is 1. The number of thioether (sulfide) groups is 1. The molecule has 5 aromatic rings. The van der Waals surface area contributed by atoms with Gasteiger partial charge in [0.25, 0.3) is 0 Å². The van der Waals surface area contributed by atoms with Gasteiger partial charge in [0.05, 0.1) is 43.1 Å². The average Bonchev–Trinajstić information content (AvgIpc) is 1.71. The van der Waals surface area contributed by atoms with E-state index in [1.165, 1.54) is 44.1 Å². The molecule has 5 aromatic heterocycles. The van der Waals surface area contributed by atoms with Crippen molar-refractivity contribution in [3.63, 3.8) is 0 Å². The van der Waals surface area contributed by atoms with Gasteiger partial charge in [-0.25, -0.2) is 19.9 Å². The van der Waals surface area contributed by atoms with Crippen molar-refractivity contribution in [1.29, 1.82) is 0 Å². The molecule has 0 atom stereocenters. The predicted octanol–water partition coefficient (Wildman–Crippen LogP) is 22.8. The van der Waals surface area contributed by atoms with Crippen LogP contribution in [-0.4, -0.2) is 294 Å². The summed E-state index contributed by atoms with van der Waals surface area (Å²) < 4.78 is 7.24. The summed E-state index contributed by atoms with van der Waals surface area (Å²) >= 11 is 2.03. The molecule has 0 bridgehead atoms. The van der Waals surface area contributed by atoms with Crippen molar-refractivity contribution >= 4 is 35.9 Å². The van der Waals surface area contributed by atoms with Crippen LogP contribution < -0.4 is 16.1 Å². The van der Waals surface area contributed by atoms with Crippen LogP contribution in [0.4, 0.5) is 4.79 Å². The Morgan fingerprint density at radius 1 is 0.433 bits per heavy atom. The van der Waals surface area contributed by atoms with Gasteiger partial charge in [0.15, 0.2) is 0 Å². The lowest BCUT2D eigenvalue weighted by atomic mass is 10.1. The molecule has 814 valence electrons. The van der Waals surface area contributed by atoms with Gasteiger partial charge in [-0.3, -0.25) is 43.3 Å². The van der Waals surface area contributed by atoms with Crippen LogP contribution in [0.2, 0.25) is 0 Å². The molecule has 4 fully saturated rings. The van der Waals surface area contributed by atoms with Gasteiger partial charge in [-0.2, -0.15) is 25.2 Å². The number of aromatic nitrogens is 15. The minimum atomic E-state index is -0.0515.